The van der Waals surface area contributed by atoms with Gasteiger partial charge < -0.3 is 38.8 Å². The summed E-state index contributed by atoms with van der Waals surface area (Å²) >= 11 is 0. The second-order valence-corrected chi connectivity index (χ2v) is 19.3. The Bertz CT molecular complexity index is 2720. The van der Waals surface area contributed by atoms with Gasteiger partial charge in [0.15, 0.2) is 11.9 Å². The van der Waals surface area contributed by atoms with Crippen LogP contribution in [0.3, 0.4) is 0 Å². The van der Waals surface area contributed by atoms with Gasteiger partial charge in [-0.25, -0.2) is 32.3 Å². The Morgan fingerprint density at radius 3 is 2.09 bits per heavy atom. The molecule has 368 valence electrons. The molecule has 0 aliphatic carbocycles. The molecular formula is C49H52F7N7O6. The molecule has 3 aromatic carbocycles. The van der Waals surface area contributed by atoms with Crippen molar-refractivity contribution in [2.45, 2.75) is 115 Å². The minimum atomic E-state index is -5.30. The van der Waals surface area contributed by atoms with Crippen LogP contribution in [0.5, 0.6) is 17.4 Å². The summed E-state index contributed by atoms with van der Waals surface area (Å²) in [4.78, 5) is 33.6. The number of hydrogen-bond acceptors (Lipinski definition) is 12. The first-order valence-electron chi connectivity index (χ1n) is 22.6. The average Bonchev–Trinajstić information content (AvgIpc) is 3.54. The number of halogens is 7. The molecular weight excluding hydrogens is 916 g/mol. The van der Waals surface area contributed by atoms with Gasteiger partial charge in [0.25, 0.3) is 6.43 Å². The number of aliphatic hydroxyl groups excluding tert-OH is 1. The highest BCUT2D eigenvalue weighted by Gasteiger charge is 2.57. The molecule has 20 heteroatoms. The molecule has 6 heterocycles. The minimum absolute atomic E-state index is 0.0473. The smallest absolute Gasteiger partial charge is 0.417 e. The number of rotatable bonds is 11. The Hall–Kier alpha value is -6.31. The summed E-state index contributed by atoms with van der Waals surface area (Å²) in [7, 11) is 2.97. The van der Waals surface area contributed by atoms with E-state index >= 15 is 30.7 Å². The van der Waals surface area contributed by atoms with E-state index < -0.39 is 99.5 Å². The molecule has 3 saturated heterocycles. The molecule has 4 aliphatic rings. The summed E-state index contributed by atoms with van der Waals surface area (Å²) < 4.78 is 136. The van der Waals surface area contributed by atoms with Crippen LogP contribution in [0.15, 0.2) is 54.6 Å². The third-order valence-electron chi connectivity index (χ3n) is 13.7. The van der Waals surface area contributed by atoms with Crippen molar-refractivity contribution in [3.8, 4) is 28.6 Å². The Morgan fingerprint density at radius 2 is 1.57 bits per heavy atom. The van der Waals surface area contributed by atoms with Crippen molar-refractivity contribution in [1.29, 1.82) is 0 Å². The van der Waals surface area contributed by atoms with Gasteiger partial charge in [0.2, 0.25) is 11.8 Å². The topological polar surface area (TPSA) is 126 Å². The number of carbonyl (C=O) groups is 1. The van der Waals surface area contributed by atoms with Gasteiger partial charge in [-0.3, -0.25) is 4.90 Å². The molecule has 5 atom stereocenters. The molecule has 5 aromatic rings. The van der Waals surface area contributed by atoms with E-state index in [1.807, 2.05) is 0 Å². The van der Waals surface area contributed by atoms with Crippen LogP contribution in [0.4, 0.5) is 53.0 Å². The van der Waals surface area contributed by atoms with Gasteiger partial charge in [0, 0.05) is 31.7 Å². The second-order valence-electron chi connectivity index (χ2n) is 19.3. The molecule has 0 saturated carbocycles. The third-order valence-corrected chi connectivity index (χ3v) is 13.7. The maximum absolute atomic E-state index is 18.0. The molecule has 4 aliphatic heterocycles. The summed E-state index contributed by atoms with van der Waals surface area (Å²) in [6.45, 7) is 7.45. The standard InChI is InChI=1S/C49H52F7N7O6/c1-25-35(49(54,55)56)31(20-33(36(25)50)60(21-26-8-13-29(66-6)14-9-26)22-27-10-15-30(67-7)16-11-27)38-37(51)39-34-43(59-45(58-39)62-19-18-48(62,5)24-64)61-23-28-12-17-32(63(28)46(65)69-47(2,3)4)40(61)41(42(52)53)68-44(34)57-38/h8-11,13-16,20,28,32,40-42,64H,12,17-19,21-24H2,1-7H3/t28-,32+,40+,41-,48+/m1/s1. The highest BCUT2D eigenvalue weighted by molar-refractivity contribution is 5.98. The molecule has 0 radical (unpaired) electrons. The molecule has 13 nitrogen and oxygen atoms in total. The quantitative estimate of drug-likeness (QED) is 0.127. The van der Waals surface area contributed by atoms with Gasteiger partial charge in [0.1, 0.15) is 45.3 Å². The Morgan fingerprint density at radius 1 is 0.942 bits per heavy atom. The number of hydrogen-bond donors (Lipinski definition) is 1. The van der Waals surface area contributed by atoms with E-state index in [1.54, 1.807) is 86.0 Å². The number of amides is 1. The van der Waals surface area contributed by atoms with Crippen LogP contribution in [-0.4, -0.2) is 107 Å². The van der Waals surface area contributed by atoms with Gasteiger partial charge in [0.05, 0.1) is 55.7 Å². The molecule has 0 spiro atoms. The summed E-state index contributed by atoms with van der Waals surface area (Å²) in [5.41, 5.74) is -5.87. The number of methoxy groups -OCH3 is 2. The van der Waals surface area contributed by atoms with Crippen molar-refractivity contribution >= 4 is 34.4 Å². The predicted molar refractivity (Wildman–Crippen MR) is 242 cm³/mol. The largest absolute Gasteiger partial charge is 0.497 e. The fraction of sp³-hybridized carbons (Fsp3) is 0.469. The minimum Gasteiger partial charge on any atom is -0.497 e. The number of ether oxygens (including phenoxy) is 4. The van der Waals surface area contributed by atoms with Crippen LogP contribution in [0.2, 0.25) is 0 Å². The van der Waals surface area contributed by atoms with Gasteiger partial charge in [-0.2, -0.15) is 18.2 Å². The van der Waals surface area contributed by atoms with Crippen LogP contribution < -0.4 is 28.9 Å². The lowest BCUT2D eigenvalue weighted by Crippen LogP contribution is -2.67. The number of piperazine rings is 1. The number of fused-ring (bicyclic) bond motifs is 5. The zero-order chi connectivity index (χ0) is 49.5. The number of benzene rings is 3. The molecule has 2 aromatic heterocycles. The van der Waals surface area contributed by atoms with Crippen molar-refractivity contribution in [2.24, 2.45) is 0 Å². The van der Waals surface area contributed by atoms with Gasteiger partial charge >= 0.3 is 12.3 Å². The monoisotopic (exact) mass is 967 g/mol. The summed E-state index contributed by atoms with van der Waals surface area (Å²) in [5.74, 6) is -2.45. The molecule has 0 unspecified atom stereocenters. The number of alkyl halides is 5. The molecule has 3 fully saturated rings. The summed E-state index contributed by atoms with van der Waals surface area (Å²) in [6, 6.07) is 11.6. The Kier molecular flexibility index (Phi) is 12.2. The van der Waals surface area contributed by atoms with Gasteiger partial charge in [-0.05, 0) is 101 Å². The van der Waals surface area contributed by atoms with E-state index in [-0.39, 0.29) is 55.5 Å². The third kappa shape index (κ3) is 8.51. The summed E-state index contributed by atoms with van der Waals surface area (Å²) in [5, 5.41) is 10.2. The molecule has 2 bridgehead atoms. The highest BCUT2D eigenvalue weighted by Crippen LogP contribution is 2.50. The number of anilines is 3. The number of carbonyl (C=O) groups excluding carboxylic acids is 1. The maximum Gasteiger partial charge on any atom is 0.417 e. The van der Waals surface area contributed by atoms with E-state index in [2.05, 4.69) is 9.97 Å². The van der Waals surface area contributed by atoms with Gasteiger partial charge in [-0.1, -0.05) is 24.3 Å². The van der Waals surface area contributed by atoms with Crippen LogP contribution in [-0.2, 0) is 24.0 Å². The fourth-order valence-corrected chi connectivity index (χ4v) is 10.1. The molecule has 69 heavy (non-hydrogen) atoms. The highest BCUT2D eigenvalue weighted by atomic mass is 19.4. The zero-order valence-corrected chi connectivity index (χ0v) is 39.0. The first-order valence-corrected chi connectivity index (χ1v) is 22.6. The maximum atomic E-state index is 18.0. The normalized spacial score (nSPS) is 22.0. The van der Waals surface area contributed by atoms with E-state index in [1.165, 1.54) is 24.0 Å². The van der Waals surface area contributed by atoms with Crippen LogP contribution in [0, 0.1) is 18.6 Å². The SMILES string of the molecule is COc1ccc(CN(Cc2ccc(OC)cc2)c2cc(-c3nc4c5c(nc(N6CC[C@@]6(C)CO)nc5c3F)N3C[C@H]5CC[C@@H]([C@H]3[C@H](C(F)F)O4)N5C(=O)OC(C)(C)C)c(C(F)(F)F)c(C)c2F)cc1. The van der Waals surface area contributed by atoms with E-state index in [9.17, 15) is 9.90 Å². The zero-order valence-electron chi connectivity index (χ0n) is 39.0. The van der Waals surface area contributed by atoms with Crippen molar-refractivity contribution < 1.29 is 59.6 Å². The number of aromatic nitrogens is 3. The Labute approximate surface area is 393 Å². The van der Waals surface area contributed by atoms with Crippen LogP contribution in [0.25, 0.3) is 22.2 Å². The predicted octanol–water partition coefficient (Wildman–Crippen LogP) is 9.47. The van der Waals surface area contributed by atoms with Crippen molar-refractivity contribution in [3.05, 3.63) is 88.5 Å². The summed E-state index contributed by atoms with van der Waals surface area (Å²) in [6.07, 6.45) is -10.2. The van der Waals surface area contributed by atoms with Gasteiger partial charge in [-0.15, -0.1) is 0 Å². The molecule has 9 rings (SSSR count). The Balaban J connectivity index is 1.27. The first kappa shape index (κ1) is 47.7. The lowest BCUT2D eigenvalue weighted by Gasteiger charge is -2.50. The van der Waals surface area contributed by atoms with E-state index in [0.29, 0.717) is 42.0 Å². The number of aliphatic hydroxyl groups is 1. The van der Waals surface area contributed by atoms with E-state index in [4.69, 9.17) is 23.9 Å². The second kappa shape index (κ2) is 17.6. The van der Waals surface area contributed by atoms with Crippen LogP contribution >= 0.6 is 0 Å². The molecule has 1 amide bonds. The average molecular weight is 968 g/mol. The molecule has 1 N–H and O–H groups in total. The van der Waals surface area contributed by atoms with Crippen LogP contribution in [0.1, 0.15) is 69.2 Å². The van der Waals surface area contributed by atoms with Crippen molar-refractivity contribution in [2.75, 3.05) is 48.6 Å². The lowest BCUT2D eigenvalue weighted by atomic mass is 9.88. The number of pyridine rings is 1. The fourth-order valence-electron chi connectivity index (χ4n) is 10.1. The van der Waals surface area contributed by atoms with Crippen molar-refractivity contribution in [1.82, 2.24) is 19.9 Å². The van der Waals surface area contributed by atoms with E-state index in [0.717, 1.165) is 13.0 Å². The number of nitrogens with zero attached hydrogens (tertiary/aromatic N) is 7. The van der Waals surface area contributed by atoms with Crippen molar-refractivity contribution in [3.63, 3.8) is 0 Å². The lowest BCUT2D eigenvalue weighted by molar-refractivity contribution is -0.137. The first-order chi connectivity index (χ1) is 32.6.